The van der Waals surface area contributed by atoms with Crippen molar-refractivity contribution in [2.24, 2.45) is 0 Å². The second kappa shape index (κ2) is 17.1. The molecule has 41 heavy (non-hydrogen) atoms. The van der Waals surface area contributed by atoms with Crippen LogP contribution in [0.15, 0.2) is 18.2 Å². The van der Waals surface area contributed by atoms with Crippen LogP contribution in [-0.4, -0.2) is 79.7 Å². The first-order valence-corrected chi connectivity index (χ1v) is 12.5. The smallest absolute Gasteiger partial charge is 0.342 e. The first kappa shape index (κ1) is 33.4. The molecule has 0 aliphatic rings. The number of methoxy groups -OCH3 is 5. The molecule has 2 aromatic rings. The Hall–Kier alpha value is -3.85. The van der Waals surface area contributed by atoms with Gasteiger partial charge in [0.1, 0.15) is 23.2 Å². The van der Waals surface area contributed by atoms with Crippen molar-refractivity contribution in [3.63, 3.8) is 0 Å². The van der Waals surface area contributed by atoms with E-state index in [4.69, 9.17) is 47.4 Å². The fourth-order valence-electron chi connectivity index (χ4n) is 3.83. The van der Waals surface area contributed by atoms with Gasteiger partial charge in [0.25, 0.3) is 0 Å². The van der Waals surface area contributed by atoms with Crippen LogP contribution in [0, 0.1) is 10.1 Å². The van der Waals surface area contributed by atoms with Gasteiger partial charge in [0, 0.05) is 40.9 Å². The van der Waals surface area contributed by atoms with Gasteiger partial charge in [0.05, 0.1) is 23.7 Å². The third-order valence-electron chi connectivity index (χ3n) is 5.55. The monoisotopic (exact) mass is 583 g/mol. The minimum Gasteiger partial charge on any atom is -0.492 e. The van der Waals surface area contributed by atoms with Gasteiger partial charge in [-0.3, -0.25) is 10.1 Å². The van der Waals surface area contributed by atoms with Gasteiger partial charge in [-0.25, -0.2) is 4.79 Å². The zero-order valence-corrected chi connectivity index (χ0v) is 24.3. The van der Waals surface area contributed by atoms with E-state index in [0.717, 1.165) is 5.56 Å². The van der Waals surface area contributed by atoms with Gasteiger partial charge in [-0.05, 0) is 25.0 Å². The van der Waals surface area contributed by atoms with Crippen molar-refractivity contribution in [1.29, 1.82) is 0 Å². The van der Waals surface area contributed by atoms with Gasteiger partial charge >= 0.3 is 11.7 Å². The molecule has 0 aromatic heterocycles. The number of nitro groups is 1. The Labute approximate surface area is 238 Å². The van der Waals surface area contributed by atoms with Gasteiger partial charge in [-0.15, -0.1) is 0 Å². The number of carbonyl (C=O) groups excluding carboxylic acids is 1. The average Bonchev–Trinajstić information content (AvgIpc) is 2.96. The molecule has 0 fully saturated rings. The SMILES string of the molecule is CCc1cc(C(=O)OC(C)Cc2c(OC)c(OCOC)cc([N+](=O)[O-])c2OCOC)c(OCOC)cc1OCOC. The van der Waals surface area contributed by atoms with Gasteiger partial charge < -0.3 is 47.4 Å². The zero-order valence-electron chi connectivity index (χ0n) is 24.3. The zero-order chi connectivity index (χ0) is 30.4. The molecular formula is C27H37NO13. The van der Waals surface area contributed by atoms with E-state index < -0.39 is 22.7 Å². The van der Waals surface area contributed by atoms with Gasteiger partial charge in [0.15, 0.2) is 38.7 Å². The third-order valence-corrected chi connectivity index (χ3v) is 5.55. The summed E-state index contributed by atoms with van der Waals surface area (Å²) in [6.45, 7) is 2.94. The van der Waals surface area contributed by atoms with Crippen LogP contribution in [0.3, 0.4) is 0 Å². The van der Waals surface area contributed by atoms with E-state index >= 15 is 0 Å². The van der Waals surface area contributed by atoms with Crippen LogP contribution >= 0.6 is 0 Å². The molecule has 1 unspecified atom stereocenters. The van der Waals surface area contributed by atoms with Crippen LogP contribution in [0.25, 0.3) is 0 Å². The van der Waals surface area contributed by atoms with E-state index in [1.807, 2.05) is 6.92 Å². The van der Waals surface area contributed by atoms with E-state index in [1.54, 1.807) is 19.1 Å². The second-order valence-corrected chi connectivity index (χ2v) is 8.43. The van der Waals surface area contributed by atoms with E-state index in [1.165, 1.54) is 41.6 Å². The van der Waals surface area contributed by atoms with Crippen molar-refractivity contribution in [3.8, 4) is 28.7 Å². The lowest BCUT2D eigenvalue weighted by atomic mass is 10.0. The summed E-state index contributed by atoms with van der Waals surface area (Å²) >= 11 is 0. The molecule has 14 heteroatoms. The predicted octanol–water partition coefficient (Wildman–Crippen LogP) is 3.88. The molecule has 0 aliphatic carbocycles. The fraction of sp³-hybridized carbons (Fsp3) is 0.519. The van der Waals surface area contributed by atoms with E-state index in [2.05, 4.69) is 0 Å². The minimum atomic E-state index is -0.816. The Balaban J connectivity index is 2.49. The second-order valence-electron chi connectivity index (χ2n) is 8.43. The molecule has 1 atom stereocenters. The molecule has 0 saturated heterocycles. The number of carbonyl (C=O) groups is 1. The molecule has 0 aliphatic heterocycles. The molecular weight excluding hydrogens is 546 g/mol. The Morgan fingerprint density at radius 1 is 0.805 bits per heavy atom. The molecule has 0 N–H and O–H groups in total. The summed E-state index contributed by atoms with van der Waals surface area (Å²) in [4.78, 5) is 24.7. The van der Waals surface area contributed by atoms with Crippen LogP contribution in [0.5, 0.6) is 28.7 Å². The number of esters is 1. The lowest BCUT2D eigenvalue weighted by Gasteiger charge is -2.21. The normalized spacial score (nSPS) is 11.5. The Kier molecular flexibility index (Phi) is 13.9. The Bertz CT molecular complexity index is 1150. The fourth-order valence-corrected chi connectivity index (χ4v) is 3.83. The largest absolute Gasteiger partial charge is 0.492 e. The maximum atomic E-state index is 13.4. The van der Waals surface area contributed by atoms with Crippen molar-refractivity contribution in [2.75, 3.05) is 62.7 Å². The minimum absolute atomic E-state index is 0.00610. The first-order chi connectivity index (χ1) is 19.8. The number of benzene rings is 2. The highest BCUT2D eigenvalue weighted by molar-refractivity contribution is 5.93. The quantitative estimate of drug-likeness (QED) is 0.102. The lowest BCUT2D eigenvalue weighted by Crippen LogP contribution is -2.20. The molecule has 2 aromatic carbocycles. The highest BCUT2D eigenvalue weighted by Crippen LogP contribution is 2.45. The molecule has 0 heterocycles. The summed E-state index contributed by atoms with van der Waals surface area (Å²) in [5, 5.41) is 11.9. The van der Waals surface area contributed by atoms with Crippen molar-refractivity contribution >= 4 is 11.7 Å². The number of ether oxygens (including phenoxy) is 10. The molecule has 14 nitrogen and oxygen atoms in total. The third kappa shape index (κ3) is 9.08. The van der Waals surface area contributed by atoms with Gasteiger partial charge in [-0.2, -0.15) is 0 Å². The highest BCUT2D eigenvalue weighted by Gasteiger charge is 2.30. The van der Waals surface area contributed by atoms with E-state index in [0.29, 0.717) is 12.2 Å². The average molecular weight is 584 g/mol. The number of hydrogen-bond donors (Lipinski definition) is 0. The Morgan fingerprint density at radius 2 is 1.37 bits per heavy atom. The number of hydrogen-bond acceptors (Lipinski definition) is 13. The van der Waals surface area contributed by atoms with Crippen LogP contribution < -0.4 is 23.7 Å². The van der Waals surface area contributed by atoms with Crippen molar-refractivity contribution < 1.29 is 57.1 Å². The number of aryl methyl sites for hydroxylation is 1. The molecule has 0 radical (unpaired) electrons. The molecule has 2 rings (SSSR count). The van der Waals surface area contributed by atoms with Crippen molar-refractivity contribution in [3.05, 3.63) is 45.0 Å². The van der Waals surface area contributed by atoms with Crippen molar-refractivity contribution in [2.45, 2.75) is 32.8 Å². The van der Waals surface area contributed by atoms with E-state index in [9.17, 15) is 14.9 Å². The van der Waals surface area contributed by atoms with Crippen molar-refractivity contribution in [1.82, 2.24) is 0 Å². The van der Waals surface area contributed by atoms with Gasteiger partial charge in [0.2, 0.25) is 5.75 Å². The molecule has 228 valence electrons. The molecule has 0 saturated carbocycles. The summed E-state index contributed by atoms with van der Waals surface area (Å²) in [5.41, 5.74) is 0.707. The first-order valence-electron chi connectivity index (χ1n) is 12.5. The highest BCUT2D eigenvalue weighted by atomic mass is 16.7. The topological polar surface area (TPSA) is 153 Å². The maximum absolute atomic E-state index is 13.4. The van der Waals surface area contributed by atoms with Crippen LogP contribution in [-0.2, 0) is 36.5 Å². The molecule has 0 amide bonds. The predicted molar refractivity (Wildman–Crippen MR) is 144 cm³/mol. The summed E-state index contributed by atoms with van der Waals surface area (Å²) in [6, 6.07) is 4.35. The lowest BCUT2D eigenvalue weighted by molar-refractivity contribution is -0.386. The number of rotatable bonds is 19. The van der Waals surface area contributed by atoms with Crippen LogP contribution in [0.4, 0.5) is 5.69 Å². The maximum Gasteiger partial charge on any atom is 0.342 e. The molecule has 0 spiro atoms. The summed E-state index contributed by atoms with van der Waals surface area (Å²) in [5.74, 6) is 0.0525. The Morgan fingerprint density at radius 3 is 1.90 bits per heavy atom. The van der Waals surface area contributed by atoms with Crippen LogP contribution in [0.1, 0.15) is 35.3 Å². The number of nitro benzene ring substituents is 1. The van der Waals surface area contributed by atoms with Gasteiger partial charge in [-0.1, -0.05) is 6.92 Å². The summed E-state index contributed by atoms with van der Waals surface area (Å²) in [6.07, 6.45) is -0.305. The molecule has 0 bridgehead atoms. The summed E-state index contributed by atoms with van der Waals surface area (Å²) < 4.78 is 53.6. The van der Waals surface area contributed by atoms with E-state index in [-0.39, 0.29) is 67.7 Å². The standard InChI is InChI=1S/C27H37NO13/c1-8-18-10-19(23(38-14-33-4)12-22(18)37-13-32-3)27(29)41-17(2)9-20-25(40-16-35-6)21(28(30)31)11-24(26(20)36-7)39-15-34-5/h10-12,17H,8-9,13-16H2,1-7H3. The number of nitrogens with zero attached hydrogens (tertiary/aromatic N) is 1. The summed E-state index contributed by atoms with van der Waals surface area (Å²) in [7, 11) is 7.10. The van der Waals surface area contributed by atoms with Crippen LogP contribution in [0.2, 0.25) is 0 Å².